The van der Waals surface area contributed by atoms with Crippen molar-refractivity contribution in [3.8, 4) is 0 Å². The van der Waals surface area contributed by atoms with Crippen molar-refractivity contribution < 1.29 is 0 Å². The number of allylic oxidation sites excluding steroid dienone is 2. The van der Waals surface area contributed by atoms with E-state index in [1.165, 1.54) is 102 Å². The van der Waals surface area contributed by atoms with Gasteiger partial charge in [-0.3, -0.25) is 9.97 Å². The van der Waals surface area contributed by atoms with Gasteiger partial charge >= 0.3 is 0 Å². The number of aryl methyl sites for hydroxylation is 1. The summed E-state index contributed by atoms with van der Waals surface area (Å²) in [6.07, 6.45) is 16.9. The monoisotopic (exact) mass is 650 g/mol. The summed E-state index contributed by atoms with van der Waals surface area (Å²) in [7, 11) is 0. The van der Waals surface area contributed by atoms with Gasteiger partial charge in [0.2, 0.25) is 0 Å². The van der Waals surface area contributed by atoms with Crippen LogP contribution in [0.3, 0.4) is 0 Å². The summed E-state index contributed by atoms with van der Waals surface area (Å²) in [6, 6.07) is 14.9. The van der Waals surface area contributed by atoms with E-state index in [4.69, 9.17) is 21.6 Å². The zero-order chi connectivity index (χ0) is 28.5. The lowest BCUT2D eigenvalue weighted by Gasteiger charge is -2.36. The van der Waals surface area contributed by atoms with E-state index in [1.54, 1.807) is 0 Å². The number of pyridine rings is 2. The van der Waals surface area contributed by atoms with E-state index in [0.717, 1.165) is 54.8 Å². The zero-order valence-corrected chi connectivity index (χ0v) is 28.2. The topological polar surface area (TPSA) is 49.8 Å². The maximum Gasteiger partial charge on any atom is 0.0741 e. The molecule has 4 aromatic rings. The Balaban J connectivity index is 0.00000192. The molecule has 2 aromatic carbocycles. The summed E-state index contributed by atoms with van der Waals surface area (Å²) in [5.41, 5.74) is 11.9. The molecule has 7 rings (SSSR count). The molecule has 2 heterocycles. The Morgan fingerprint density at radius 3 is 2.32 bits per heavy atom. The Labute approximate surface area is 279 Å². The van der Waals surface area contributed by atoms with E-state index in [1.807, 2.05) is 12.1 Å². The van der Waals surface area contributed by atoms with Gasteiger partial charge in [0.05, 0.1) is 11.0 Å². The molecule has 234 valence electrons. The molecule has 0 amide bonds. The smallest absolute Gasteiger partial charge is 0.0741 e. The summed E-state index contributed by atoms with van der Waals surface area (Å²) in [5, 5.41) is 11.0. The first-order valence-electron chi connectivity index (χ1n) is 16.3. The lowest BCUT2D eigenvalue weighted by molar-refractivity contribution is 0.433. The Morgan fingerprint density at radius 2 is 1.48 bits per heavy atom. The number of nitrogens with zero attached hydrogens (tertiary/aromatic N) is 2. The number of hydrogen-bond donors (Lipinski definition) is 2. The van der Waals surface area contributed by atoms with E-state index < -0.39 is 0 Å². The summed E-state index contributed by atoms with van der Waals surface area (Å²) in [6.45, 7) is 4.34. The van der Waals surface area contributed by atoms with Crippen LogP contribution in [0.15, 0.2) is 54.1 Å². The van der Waals surface area contributed by atoms with Gasteiger partial charge in [-0.15, -0.1) is 24.8 Å². The van der Waals surface area contributed by atoms with E-state index >= 15 is 0 Å². The van der Waals surface area contributed by atoms with Gasteiger partial charge in [0.25, 0.3) is 0 Å². The van der Waals surface area contributed by atoms with Crippen molar-refractivity contribution in [1.82, 2.24) is 9.97 Å². The first kappa shape index (κ1) is 32.9. The maximum atomic E-state index is 6.38. The van der Waals surface area contributed by atoms with Gasteiger partial charge in [-0.25, -0.2) is 0 Å². The van der Waals surface area contributed by atoms with Gasteiger partial charge in [-0.2, -0.15) is 0 Å². The van der Waals surface area contributed by atoms with Crippen LogP contribution in [0.1, 0.15) is 93.1 Å². The molecule has 3 aliphatic carbocycles. The SMILES string of the molecule is CC1=C[C@@H]2Cc3nc4cc(Cl)ccc4c(NCCCCCCCNc4c5c(nc6ccccc46)CCCC5)c3[C@H](C1)C2.Cl.Cl. The predicted octanol–water partition coefficient (Wildman–Crippen LogP) is 10.6. The van der Waals surface area contributed by atoms with Crippen LogP contribution in [0.2, 0.25) is 5.02 Å². The minimum Gasteiger partial charge on any atom is -0.384 e. The molecule has 7 heteroatoms. The molecule has 0 fully saturated rings. The van der Waals surface area contributed by atoms with Crippen LogP contribution < -0.4 is 10.6 Å². The molecule has 0 unspecified atom stereocenters. The van der Waals surface area contributed by atoms with Gasteiger partial charge in [0.1, 0.15) is 0 Å². The second kappa shape index (κ2) is 14.7. The summed E-state index contributed by atoms with van der Waals surface area (Å²) < 4.78 is 0. The highest BCUT2D eigenvalue weighted by Crippen LogP contribution is 2.47. The number of hydrogen-bond acceptors (Lipinski definition) is 4. The van der Waals surface area contributed by atoms with Gasteiger partial charge in [0, 0.05) is 57.2 Å². The Bertz CT molecular complexity index is 1650. The number of halogens is 3. The number of benzene rings is 2. The fourth-order valence-corrected chi connectivity index (χ4v) is 8.02. The first-order chi connectivity index (χ1) is 20.6. The van der Waals surface area contributed by atoms with Crippen molar-refractivity contribution in [3.05, 3.63) is 81.7 Å². The first-order valence-corrected chi connectivity index (χ1v) is 16.7. The average molecular weight is 652 g/mol. The minimum absolute atomic E-state index is 0. The van der Waals surface area contributed by atoms with Crippen molar-refractivity contribution >= 4 is 69.6 Å². The van der Waals surface area contributed by atoms with Crippen LogP contribution in [0, 0.1) is 5.92 Å². The van der Waals surface area contributed by atoms with Crippen LogP contribution in [0.5, 0.6) is 0 Å². The van der Waals surface area contributed by atoms with E-state index in [0.29, 0.717) is 11.8 Å². The molecule has 0 saturated heterocycles. The summed E-state index contributed by atoms with van der Waals surface area (Å²) in [4.78, 5) is 10.1. The number of anilines is 2. The molecule has 0 spiro atoms. The number of rotatable bonds is 10. The van der Waals surface area contributed by atoms with Crippen LogP contribution in [0.4, 0.5) is 11.4 Å². The Hall–Kier alpha value is -2.53. The number of aromatic nitrogens is 2. The highest BCUT2D eigenvalue weighted by Gasteiger charge is 2.33. The molecule has 2 atom stereocenters. The average Bonchev–Trinajstić information content (AvgIpc) is 2.98. The van der Waals surface area contributed by atoms with Gasteiger partial charge in [-0.1, -0.05) is 60.7 Å². The van der Waals surface area contributed by atoms with Gasteiger partial charge < -0.3 is 10.6 Å². The fourth-order valence-electron chi connectivity index (χ4n) is 7.86. The normalized spacial score (nSPS) is 18.5. The number of fused-ring (bicyclic) bond motifs is 7. The predicted molar refractivity (Wildman–Crippen MR) is 193 cm³/mol. The summed E-state index contributed by atoms with van der Waals surface area (Å²) in [5.74, 6) is 1.21. The van der Waals surface area contributed by atoms with E-state index in [-0.39, 0.29) is 24.8 Å². The molecule has 4 nitrogen and oxygen atoms in total. The quantitative estimate of drug-likeness (QED) is 0.132. The number of unbranched alkanes of at least 4 members (excludes halogenated alkanes) is 4. The molecule has 2 bridgehead atoms. The molecule has 0 radical (unpaired) electrons. The lowest BCUT2D eigenvalue weighted by atomic mass is 9.71. The second-order valence-electron chi connectivity index (χ2n) is 12.9. The van der Waals surface area contributed by atoms with Crippen molar-refractivity contribution in [2.75, 3.05) is 23.7 Å². The van der Waals surface area contributed by atoms with Crippen molar-refractivity contribution in [2.45, 2.75) is 89.9 Å². The van der Waals surface area contributed by atoms with Gasteiger partial charge in [0.15, 0.2) is 0 Å². The van der Waals surface area contributed by atoms with Crippen LogP contribution in [0.25, 0.3) is 21.8 Å². The molecule has 0 aliphatic heterocycles. The third-order valence-corrected chi connectivity index (χ3v) is 9.97. The minimum atomic E-state index is 0. The van der Waals surface area contributed by atoms with E-state index in [2.05, 4.69) is 54.0 Å². The Kier molecular flexibility index (Phi) is 11.0. The van der Waals surface area contributed by atoms with Crippen molar-refractivity contribution in [1.29, 1.82) is 0 Å². The van der Waals surface area contributed by atoms with E-state index in [9.17, 15) is 0 Å². The molecule has 0 saturated carbocycles. The van der Waals surface area contributed by atoms with Crippen LogP contribution in [-0.2, 0) is 19.3 Å². The van der Waals surface area contributed by atoms with Gasteiger partial charge in [-0.05, 0) is 106 Å². The number of para-hydroxylation sites is 1. The Morgan fingerprint density at radius 1 is 0.773 bits per heavy atom. The van der Waals surface area contributed by atoms with Crippen LogP contribution >= 0.6 is 36.4 Å². The molecule has 3 aliphatic rings. The lowest BCUT2D eigenvalue weighted by Crippen LogP contribution is -2.24. The molecular weight excluding hydrogens is 607 g/mol. The zero-order valence-electron chi connectivity index (χ0n) is 25.8. The molecule has 2 N–H and O–H groups in total. The third kappa shape index (κ3) is 6.83. The highest BCUT2D eigenvalue weighted by atomic mass is 35.5. The number of nitrogens with one attached hydrogen (secondary N) is 2. The highest BCUT2D eigenvalue weighted by molar-refractivity contribution is 6.31. The second-order valence-corrected chi connectivity index (χ2v) is 13.3. The largest absolute Gasteiger partial charge is 0.384 e. The van der Waals surface area contributed by atoms with Crippen molar-refractivity contribution in [3.63, 3.8) is 0 Å². The standard InChI is InChI=1S/C37H43ClN4.2ClH/c1-24-19-25-21-26(20-24)35-34(22-25)42-33-23-27(38)15-16-30(33)37(35)40-18-10-4-2-3-9-17-39-36-28-11-5-7-13-31(28)41-32-14-8-6-12-29(32)36;;/h5,7,11,13,15-16,19,23,25-26H,2-4,6,8-10,12,14,17-18,20-22H2,1H3,(H,39,41)(H,40,42);2*1H/t25-,26+;;/m0../s1. The fraction of sp³-hybridized carbons (Fsp3) is 0.459. The van der Waals surface area contributed by atoms with Crippen LogP contribution in [-0.4, -0.2) is 23.1 Å². The molecular formula is C37H45Cl3N4. The molecule has 44 heavy (non-hydrogen) atoms. The molecule has 2 aromatic heterocycles. The maximum absolute atomic E-state index is 6.38. The third-order valence-electron chi connectivity index (χ3n) is 9.73. The summed E-state index contributed by atoms with van der Waals surface area (Å²) >= 11 is 6.38. The van der Waals surface area contributed by atoms with Crippen molar-refractivity contribution in [2.24, 2.45) is 5.92 Å².